The van der Waals surface area contributed by atoms with Gasteiger partial charge in [0, 0.05) is 43.3 Å². The molecule has 1 aliphatic rings. The minimum Gasteiger partial charge on any atom is -0.330 e. The molecule has 0 aromatic carbocycles. The van der Waals surface area contributed by atoms with Gasteiger partial charge in [-0.3, -0.25) is 0 Å². The summed E-state index contributed by atoms with van der Waals surface area (Å²) in [5.74, 6) is 0. The summed E-state index contributed by atoms with van der Waals surface area (Å²) in [4.78, 5) is 6.97. The van der Waals surface area contributed by atoms with Gasteiger partial charge in [-0.05, 0) is 38.1 Å². The van der Waals surface area contributed by atoms with Gasteiger partial charge in [-0.2, -0.15) is 0 Å². The highest BCUT2D eigenvalue weighted by Gasteiger charge is 2.19. The van der Waals surface area contributed by atoms with Crippen molar-refractivity contribution in [1.82, 2.24) is 14.5 Å². The molecule has 17 heavy (non-hydrogen) atoms. The van der Waals surface area contributed by atoms with E-state index in [9.17, 15) is 0 Å². The van der Waals surface area contributed by atoms with Crippen LogP contribution in [0.15, 0.2) is 18.3 Å². The van der Waals surface area contributed by atoms with Gasteiger partial charge in [0.15, 0.2) is 0 Å². The van der Waals surface area contributed by atoms with Gasteiger partial charge in [-0.15, -0.1) is 0 Å². The van der Waals surface area contributed by atoms with Crippen LogP contribution in [-0.2, 0) is 19.4 Å². The molecule has 0 radical (unpaired) electrons. The van der Waals surface area contributed by atoms with Crippen LogP contribution in [0.4, 0.5) is 0 Å². The van der Waals surface area contributed by atoms with Crippen molar-refractivity contribution in [2.24, 2.45) is 0 Å². The quantitative estimate of drug-likeness (QED) is 0.746. The van der Waals surface area contributed by atoms with Crippen LogP contribution in [0.1, 0.15) is 18.2 Å². The SMILES string of the molecule is CCn1c2c(c3cccnc31)CCN(C)CC2. The number of aryl methyl sites for hydroxylation is 1. The normalized spacial score (nSPS) is 17.1. The van der Waals surface area contributed by atoms with Crippen LogP contribution in [0, 0.1) is 0 Å². The Morgan fingerprint density at radius 1 is 1.29 bits per heavy atom. The second kappa shape index (κ2) is 4.15. The fourth-order valence-electron chi connectivity index (χ4n) is 2.91. The van der Waals surface area contributed by atoms with E-state index in [0.29, 0.717) is 0 Å². The maximum atomic E-state index is 4.56. The Labute approximate surface area is 102 Å². The van der Waals surface area contributed by atoms with Crippen LogP contribution in [-0.4, -0.2) is 34.6 Å². The number of hydrogen-bond donors (Lipinski definition) is 0. The maximum Gasteiger partial charge on any atom is 0.140 e. The van der Waals surface area contributed by atoms with Gasteiger partial charge in [-0.1, -0.05) is 0 Å². The smallest absolute Gasteiger partial charge is 0.140 e. The molecular formula is C14H19N3. The summed E-state index contributed by atoms with van der Waals surface area (Å²) < 4.78 is 2.39. The zero-order chi connectivity index (χ0) is 11.8. The molecule has 90 valence electrons. The standard InChI is InChI=1S/C14H19N3/c1-3-17-13-7-10-16(2)9-6-11(13)12-5-4-8-15-14(12)17/h4-5,8H,3,6-7,9-10H2,1-2H3. The van der Waals surface area contributed by atoms with Crippen LogP contribution >= 0.6 is 0 Å². The number of hydrogen-bond acceptors (Lipinski definition) is 2. The molecule has 3 nitrogen and oxygen atoms in total. The van der Waals surface area contributed by atoms with Crippen LogP contribution < -0.4 is 0 Å². The summed E-state index contributed by atoms with van der Waals surface area (Å²) >= 11 is 0. The maximum absolute atomic E-state index is 4.56. The largest absolute Gasteiger partial charge is 0.330 e. The highest BCUT2D eigenvalue weighted by atomic mass is 15.1. The highest BCUT2D eigenvalue weighted by Crippen LogP contribution is 2.27. The van der Waals surface area contributed by atoms with Gasteiger partial charge in [0.25, 0.3) is 0 Å². The van der Waals surface area contributed by atoms with Crippen molar-refractivity contribution >= 4 is 11.0 Å². The van der Waals surface area contributed by atoms with Gasteiger partial charge in [0.2, 0.25) is 0 Å². The molecular weight excluding hydrogens is 210 g/mol. The van der Waals surface area contributed by atoms with Crippen molar-refractivity contribution in [1.29, 1.82) is 0 Å². The van der Waals surface area contributed by atoms with E-state index in [1.807, 2.05) is 6.20 Å². The van der Waals surface area contributed by atoms with Crippen LogP contribution in [0.5, 0.6) is 0 Å². The van der Waals surface area contributed by atoms with Crippen molar-refractivity contribution in [2.75, 3.05) is 20.1 Å². The third-order valence-corrected chi connectivity index (χ3v) is 3.83. The molecule has 2 aromatic heterocycles. The third-order valence-electron chi connectivity index (χ3n) is 3.83. The number of fused-ring (bicyclic) bond motifs is 3. The zero-order valence-electron chi connectivity index (χ0n) is 10.6. The molecule has 3 rings (SSSR count). The molecule has 0 bridgehead atoms. The van der Waals surface area contributed by atoms with Gasteiger partial charge in [-0.25, -0.2) is 4.98 Å². The van der Waals surface area contributed by atoms with E-state index in [1.54, 1.807) is 0 Å². The van der Waals surface area contributed by atoms with E-state index < -0.39 is 0 Å². The molecule has 0 unspecified atom stereocenters. The van der Waals surface area contributed by atoms with Crippen LogP contribution in [0.3, 0.4) is 0 Å². The van der Waals surface area contributed by atoms with Crippen molar-refractivity contribution < 1.29 is 0 Å². The molecule has 3 heterocycles. The molecule has 0 atom stereocenters. The van der Waals surface area contributed by atoms with Crippen molar-refractivity contribution in [3.05, 3.63) is 29.6 Å². The Balaban J connectivity index is 2.23. The van der Waals surface area contributed by atoms with E-state index >= 15 is 0 Å². The number of nitrogens with zero attached hydrogens (tertiary/aromatic N) is 3. The minimum atomic E-state index is 1.02. The van der Waals surface area contributed by atoms with E-state index in [2.05, 4.69) is 40.6 Å². The fraction of sp³-hybridized carbons (Fsp3) is 0.500. The van der Waals surface area contributed by atoms with Crippen molar-refractivity contribution in [3.8, 4) is 0 Å². The summed E-state index contributed by atoms with van der Waals surface area (Å²) in [5.41, 5.74) is 4.20. The highest BCUT2D eigenvalue weighted by molar-refractivity contribution is 5.82. The van der Waals surface area contributed by atoms with E-state index in [1.165, 1.54) is 22.3 Å². The Kier molecular flexibility index (Phi) is 2.63. The first kappa shape index (κ1) is 10.8. The molecule has 0 saturated heterocycles. The monoisotopic (exact) mass is 229 g/mol. The second-order valence-corrected chi connectivity index (χ2v) is 4.85. The average Bonchev–Trinajstić information content (AvgIpc) is 2.53. The van der Waals surface area contributed by atoms with Gasteiger partial charge in [0.05, 0.1) is 0 Å². The minimum absolute atomic E-state index is 1.02. The molecule has 0 spiro atoms. The molecule has 0 saturated carbocycles. The molecule has 0 aliphatic carbocycles. The summed E-state index contributed by atoms with van der Waals surface area (Å²) in [5, 5.41) is 1.36. The van der Waals surface area contributed by atoms with Crippen LogP contribution in [0.25, 0.3) is 11.0 Å². The predicted molar refractivity (Wildman–Crippen MR) is 70.3 cm³/mol. The van der Waals surface area contributed by atoms with E-state index in [-0.39, 0.29) is 0 Å². The Morgan fingerprint density at radius 3 is 2.94 bits per heavy atom. The second-order valence-electron chi connectivity index (χ2n) is 4.85. The molecule has 0 fully saturated rings. The third kappa shape index (κ3) is 1.65. The van der Waals surface area contributed by atoms with Crippen LogP contribution in [0.2, 0.25) is 0 Å². The number of aromatic nitrogens is 2. The summed E-state index contributed by atoms with van der Waals surface area (Å²) in [6.45, 7) is 5.55. The first-order chi connectivity index (χ1) is 8.31. The fourth-order valence-corrected chi connectivity index (χ4v) is 2.91. The van der Waals surface area contributed by atoms with Crippen molar-refractivity contribution in [3.63, 3.8) is 0 Å². The lowest BCUT2D eigenvalue weighted by atomic mass is 10.1. The van der Waals surface area contributed by atoms with Gasteiger partial charge < -0.3 is 9.47 Å². The first-order valence-electron chi connectivity index (χ1n) is 6.44. The number of pyridine rings is 1. The molecule has 0 N–H and O–H groups in total. The van der Waals surface area contributed by atoms with Gasteiger partial charge in [0.1, 0.15) is 5.65 Å². The van der Waals surface area contributed by atoms with Crippen molar-refractivity contribution in [2.45, 2.75) is 26.3 Å². The van der Waals surface area contributed by atoms with E-state index in [4.69, 9.17) is 0 Å². The average molecular weight is 229 g/mol. The molecule has 1 aliphatic heterocycles. The molecule has 0 amide bonds. The molecule has 2 aromatic rings. The predicted octanol–water partition coefficient (Wildman–Crippen LogP) is 2.09. The Morgan fingerprint density at radius 2 is 2.12 bits per heavy atom. The summed E-state index contributed by atoms with van der Waals surface area (Å²) in [6, 6.07) is 4.27. The number of likely N-dealkylation sites (N-methyl/N-ethyl adjacent to an activating group) is 1. The topological polar surface area (TPSA) is 21.1 Å². The lowest BCUT2D eigenvalue weighted by Crippen LogP contribution is -2.21. The number of rotatable bonds is 1. The van der Waals surface area contributed by atoms with Gasteiger partial charge >= 0.3 is 0 Å². The summed E-state index contributed by atoms with van der Waals surface area (Å²) in [6.07, 6.45) is 4.21. The zero-order valence-corrected chi connectivity index (χ0v) is 10.6. The van der Waals surface area contributed by atoms with E-state index in [0.717, 1.165) is 32.5 Å². The molecule has 3 heteroatoms. The summed E-state index contributed by atoms with van der Waals surface area (Å²) in [7, 11) is 2.21. The Bertz CT molecular complexity index is 542. The lowest BCUT2D eigenvalue weighted by molar-refractivity contribution is 0.351. The Hall–Kier alpha value is -1.35. The first-order valence-corrected chi connectivity index (χ1v) is 6.44. The lowest BCUT2D eigenvalue weighted by Gasteiger charge is -2.12.